The number of aromatic nitrogens is 1. The maximum Gasteiger partial charge on any atom is 0.255 e. The van der Waals surface area contributed by atoms with Gasteiger partial charge in [0.2, 0.25) is 5.91 Å². The highest BCUT2D eigenvalue weighted by atomic mass is 35.5. The first kappa shape index (κ1) is 23.8. The molecule has 2 amide bonds. The minimum absolute atomic E-state index is 0.158. The number of benzene rings is 3. The van der Waals surface area contributed by atoms with Gasteiger partial charge in [-0.25, -0.2) is 4.98 Å². The lowest BCUT2D eigenvalue weighted by molar-refractivity contribution is -0.113. The van der Waals surface area contributed by atoms with Crippen LogP contribution in [0.5, 0.6) is 5.75 Å². The summed E-state index contributed by atoms with van der Waals surface area (Å²) >= 11 is 8.67. The second-order valence-electron chi connectivity index (χ2n) is 7.09. The van der Waals surface area contributed by atoms with Gasteiger partial charge < -0.3 is 15.4 Å². The summed E-state index contributed by atoms with van der Waals surface area (Å²) in [4.78, 5) is 30.2. The van der Waals surface area contributed by atoms with Crippen LogP contribution < -0.4 is 15.4 Å². The zero-order valence-corrected chi connectivity index (χ0v) is 20.5. The Bertz CT molecular complexity index is 1290. The number of anilines is 2. The number of nitrogens with zero attached hydrogens (tertiary/aromatic N) is 1. The maximum atomic E-state index is 12.5. The van der Waals surface area contributed by atoms with E-state index < -0.39 is 0 Å². The highest BCUT2D eigenvalue weighted by molar-refractivity contribution is 8.00. The highest BCUT2D eigenvalue weighted by Crippen LogP contribution is 2.27. The fourth-order valence-electron chi connectivity index (χ4n) is 3.00. The Morgan fingerprint density at radius 3 is 2.53 bits per heavy atom. The summed E-state index contributed by atoms with van der Waals surface area (Å²) in [5.41, 5.74) is 2.90. The molecule has 34 heavy (non-hydrogen) atoms. The molecule has 0 radical (unpaired) electrons. The smallest absolute Gasteiger partial charge is 0.255 e. The lowest BCUT2D eigenvalue weighted by atomic mass is 10.2. The van der Waals surface area contributed by atoms with Crippen molar-refractivity contribution in [1.29, 1.82) is 0 Å². The van der Waals surface area contributed by atoms with Crippen molar-refractivity contribution in [2.24, 2.45) is 0 Å². The number of methoxy groups -OCH3 is 1. The number of halogens is 1. The average molecular weight is 510 g/mol. The minimum atomic E-state index is -0.220. The molecule has 0 saturated heterocycles. The predicted octanol–water partition coefficient (Wildman–Crippen LogP) is 6.46. The lowest BCUT2D eigenvalue weighted by Crippen LogP contribution is -2.14. The van der Waals surface area contributed by atoms with E-state index in [2.05, 4.69) is 15.6 Å². The van der Waals surface area contributed by atoms with Crippen molar-refractivity contribution >= 4 is 57.3 Å². The number of nitrogens with one attached hydrogen (secondary N) is 2. The molecule has 0 spiro atoms. The normalized spacial score (nSPS) is 10.5. The Hall–Kier alpha value is -3.33. The Kier molecular flexibility index (Phi) is 7.84. The highest BCUT2D eigenvalue weighted by Gasteiger charge is 2.10. The molecule has 9 heteroatoms. The first-order valence-electron chi connectivity index (χ1n) is 10.2. The standard InChI is InChI=1S/C25H20ClN3O3S2/c1-32-20-11-7-17(8-12-20)24(31)27-19-3-2-4-21(13-19)33-15-23(30)29-25-28-22(14-34-25)16-5-9-18(26)10-6-16/h2-14H,15H2,1H3,(H,27,31)(H,28,29,30). The number of hydrogen-bond acceptors (Lipinski definition) is 6. The summed E-state index contributed by atoms with van der Waals surface area (Å²) in [6.45, 7) is 0. The molecule has 172 valence electrons. The van der Waals surface area contributed by atoms with Gasteiger partial charge >= 0.3 is 0 Å². The summed E-state index contributed by atoms with van der Waals surface area (Å²) in [6, 6.07) is 21.6. The summed E-state index contributed by atoms with van der Waals surface area (Å²) in [5, 5.41) is 8.80. The van der Waals surface area contributed by atoms with Gasteiger partial charge in [-0.15, -0.1) is 23.1 Å². The third-order valence-electron chi connectivity index (χ3n) is 4.70. The van der Waals surface area contributed by atoms with E-state index in [4.69, 9.17) is 16.3 Å². The molecule has 0 bridgehead atoms. The molecule has 0 atom stereocenters. The number of carbonyl (C=O) groups is 2. The molecule has 2 N–H and O–H groups in total. The first-order valence-corrected chi connectivity index (χ1v) is 12.4. The van der Waals surface area contributed by atoms with Crippen molar-refractivity contribution in [3.05, 3.63) is 88.8 Å². The van der Waals surface area contributed by atoms with Crippen LogP contribution in [0, 0.1) is 0 Å². The van der Waals surface area contributed by atoms with Crippen LogP contribution in [0.15, 0.2) is 83.1 Å². The number of rotatable bonds is 8. The fourth-order valence-corrected chi connectivity index (χ4v) is 4.61. The van der Waals surface area contributed by atoms with Crippen LogP contribution in [0.2, 0.25) is 5.02 Å². The quantitative estimate of drug-likeness (QED) is 0.266. The van der Waals surface area contributed by atoms with Crippen molar-refractivity contribution in [3.63, 3.8) is 0 Å². The van der Waals surface area contributed by atoms with Crippen LogP contribution in [0.3, 0.4) is 0 Å². The molecule has 3 aromatic carbocycles. The zero-order chi connectivity index (χ0) is 23.9. The van der Waals surface area contributed by atoms with E-state index in [0.717, 1.165) is 16.2 Å². The Morgan fingerprint density at radius 1 is 1.03 bits per heavy atom. The van der Waals surface area contributed by atoms with Gasteiger partial charge in [-0.3, -0.25) is 9.59 Å². The van der Waals surface area contributed by atoms with Crippen molar-refractivity contribution in [1.82, 2.24) is 4.98 Å². The van der Waals surface area contributed by atoms with Gasteiger partial charge in [-0.2, -0.15) is 0 Å². The molecule has 4 rings (SSSR count). The number of hydrogen-bond donors (Lipinski definition) is 2. The molecular formula is C25H20ClN3O3S2. The molecular weight excluding hydrogens is 490 g/mol. The van der Waals surface area contributed by atoms with Gasteiger partial charge in [-0.1, -0.05) is 29.8 Å². The molecule has 4 aromatic rings. The molecule has 0 saturated carbocycles. The first-order chi connectivity index (χ1) is 16.5. The molecule has 0 aliphatic rings. The Labute approximate surface area is 210 Å². The molecule has 0 fully saturated rings. The molecule has 1 aromatic heterocycles. The fraction of sp³-hybridized carbons (Fsp3) is 0.0800. The van der Waals surface area contributed by atoms with Crippen LogP contribution in [0.4, 0.5) is 10.8 Å². The second kappa shape index (κ2) is 11.2. The van der Waals surface area contributed by atoms with Crippen molar-refractivity contribution < 1.29 is 14.3 Å². The molecule has 0 aliphatic heterocycles. The average Bonchev–Trinajstić information content (AvgIpc) is 3.32. The number of thiazole rings is 1. The summed E-state index contributed by atoms with van der Waals surface area (Å²) < 4.78 is 5.12. The third kappa shape index (κ3) is 6.38. The van der Waals surface area contributed by atoms with Crippen LogP contribution >= 0.6 is 34.7 Å². The van der Waals surface area contributed by atoms with Crippen molar-refractivity contribution in [2.75, 3.05) is 23.5 Å². The van der Waals surface area contributed by atoms with E-state index in [0.29, 0.717) is 27.2 Å². The van der Waals surface area contributed by atoms with E-state index in [-0.39, 0.29) is 17.6 Å². The maximum absolute atomic E-state index is 12.5. The van der Waals surface area contributed by atoms with E-state index in [1.165, 1.54) is 23.1 Å². The Morgan fingerprint density at radius 2 is 1.79 bits per heavy atom. The SMILES string of the molecule is COc1ccc(C(=O)Nc2cccc(SCC(=O)Nc3nc(-c4ccc(Cl)cc4)cs3)c2)cc1. The van der Waals surface area contributed by atoms with Crippen LogP contribution in [-0.2, 0) is 4.79 Å². The number of carbonyl (C=O) groups excluding carboxylic acids is 2. The molecule has 1 heterocycles. The summed E-state index contributed by atoms with van der Waals surface area (Å²) in [5.74, 6) is 0.524. The number of ether oxygens (including phenoxy) is 1. The number of thioether (sulfide) groups is 1. The van der Waals surface area contributed by atoms with E-state index in [9.17, 15) is 9.59 Å². The monoisotopic (exact) mass is 509 g/mol. The van der Waals surface area contributed by atoms with Gasteiger partial charge in [0.25, 0.3) is 5.91 Å². The Balaban J connectivity index is 1.30. The topological polar surface area (TPSA) is 80.3 Å². The zero-order valence-electron chi connectivity index (χ0n) is 18.1. The molecule has 0 unspecified atom stereocenters. The van der Waals surface area contributed by atoms with E-state index >= 15 is 0 Å². The van der Waals surface area contributed by atoms with Gasteiger partial charge in [-0.05, 0) is 54.6 Å². The summed E-state index contributed by atoms with van der Waals surface area (Å²) in [6.07, 6.45) is 0. The van der Waals surface area contributed by atoms with E-state index in [1.807, 2.05) is 35.7 Å². The molecule has 6 nitrogen and oxygen atoms in total. The largest absolute Gasteiger partial charge is 0.497 e. The van der Waals surface area contributed by atoms with Crippen molar-refractivity contribution in [3.8, 4) is 17.0 Å². The lowest BCUT2D eigenvalue weighted by Gasteiger charge is -2.08. The van der Waals surface area contributed by atoms with Gasteiger partial charge in [0.05, 0.1) is 18.6 Å². The van der Waals surface area contributed by atoms with Crippen LogP contribution in [-0.4, -0.2) is 29.7 Å². The summed E-state index contributed by atoms with van der Waals surface area (Å²) in [7, 11) is 1.58. The van der Waals surface area contributed by atoms with Crippen LogP contribution in [0.25, 0.3) is 11.3 Å². The van der Waals surface area contributed by atoms with Gasteiger partial charge in [0.1, 0.15) is 5.75 Å². The minimum Gasteiger partial charge on any atom is -0.497 e. The number of amides is 2. The van der Waals surface area contributed by atoms with Crippen LogP contribution in [0.1, 0.15) is 10.4 Å². The van der Waals surface area contributed by atoms with Gasteiger partial charge in [0.15, 0.2) is 5.13 Å². The van der Waals surface area contributed by atoms with Crippen molar-refractivity contribution in [2.45, 2.75) is 4.90 Å². The molecule has 0 aliphatic carbocycles. The van der Waals surface area contributed by atoms with Gasteiger partial charge in [0, 0.05) is 32.1 Å². The second-order valence-corrected chi connectivity index (χ2v) is 9.44. The van der Waals surface area contributed by atoms with E-state index in [1.54, 1.807) is 49.6 Å². The third-order valence-corrected chi connectivity index (χ3v) is 6.71. The predicted molar refractivity (Wildman–Crippen MR) is 139 cm³/mol.